The van der Waals surface area contributed by atoms with Gasteiger partial charge in [0.05, 0.1) is 12.0 Å². The number of nitrogens with two attached hydrogens (primary N) is 1. The molecule has 76 valence electrons. The quantitative estimate of drug-likeness (QED) is 0.569. The van der Waals surface area contributed by atoms with E-state index >= 15 is 0 Å². The first-order valence-corrected chi connectivity index (χ1v) is 4.62. The van der Waals surface area contributed by atoms with Gasteiger partial charge in [-0.1, -0.05) is 6.07 Å². The summed E-state index contributed by atoms with van der Waals surface area (Å²) in [6.07, 6.45) is 5.23. The Morgan fingerprint density at radius 1 is 1.47 bits per heavy atom. The van der Waals surface area contributed by atoms with Gasteiger partial charge in [-0.05, 0) is 24.6 Å². The monoisotopic (exact) mass is 200 g/mol. The van der Waals surface area contributed by atoms with Crippen molar-refractivity contribution in [3.63, 3.8) is 0 Å². The standard InChI is InChI=1S/C11H12N4/c1-8-2-3-9(11(12)13)10(6-8)15-5-4-14-7-15/h2-7H,1H3,(H3,12,13). The van der Waals surface area contributed by atoms with E-state index in [4.69, 9.17) is 11.1 Å². The van der Waals surface area contributed by atoms with Crippen molar-refractivity contribution in [2.45, 2.75) is 6.92 Å². The zero-order valence-corrected chi connectivity index (χ0v) is 8.44. The van der Waals surface area contributed by atoms with E-state index in [1.165, 1.54) is 0 Å². The molecule has 2 rings (SSSR count). The van der Waals surface area contributed by atoms with Crippen molar-refractivity contribution in [3.05, 3.63) is 48.0 Å². The van der Waals surface area contributed by atoms with E-state index in [2.05, 4.69) is 4.98 Å². The van der Waals surface area contributed by atoms with Gasteiger partial charge in [0.2, 0.25) is 0 Å². The summed E-state index contributed by atoms with van der Waals surface area (Å²) in [6.45, 7) is 2.00. The fourth-order valence-corrected chi connectivity index (χ4v) is 1.48. The Bertz CT molecular complexity index is 485. The van der Waals surface area contributed by atoms with Crippen LogP contribution in [0.1, 0.15) is 11.1 Å². The molecule has 0 bridgehead atoms. The smallest absolute Gasteiger partial charge is 0.124 e. The number of hydrogen-bond donors (Lipinski definition) is 2. The van der Waals surface area contributed by atoms with Crippen molar-refractivity contribution in [1.29, 1.82) is 5.41 Å². The first-order valence-electron chi connectivity index (χ1n) is 4.62. The van der Waals surface area contributed by atoms with Crippen LogP contribution in [-0.2, 0) is 0 Å². The van der Waals surface area contributed by atoms with E-state index in [1.54, 1.807) is 12.5 Å². The van der Waals surface area contributed by atoms with Crippen LogP contribution < -0.4 is 5.73 Å². The van der Waals surface area contributed by atoms with Crippen LogP contribution >= 0.6 is 0 Å². The summed E-state index contributed by atoms with van der Waals surface area (Å²) in [5.74, 6) is 0.0682. The van der Waals surface area contributed by atoms with Crippen molar-refractivity contribution in [2.24, 2.45) is 5.73 Å². The van der Waals surface area contributed by atoms with E-state index in [0.29, 0.717) is 0 Å². The van der Waals surface area contributed by atoms with Crippen LogP contribution in [0.3, 0.4) is 0 Å². The molecule has 0 saturated heterocycles. The lowest BCUT2D eigenvalue weighted by Gasteiger charge is -2.09. The Labute approximate surface area is 87.9 Å². The van der Waals surface area contributed by atoms with Crippen LogP contribution in [0.2, 0.25) is 0 Å². The maximum Gasteiger partial charge on any atom is 0.124 e. The van der Waals surface area contributed by atoms with E-state index in [1.807, 2.05) is 35.9 Å². The maximum atomic E-state index is 7.49. The summed E-state index contributed by atoms with van der Waals surface area (Å²) in [4.78, 5) is 3.98. The zero-order chi connectivity index (χ0) is 10.8. The average Bonchev–Trinajstić information content (AvgIpc) is 2.69. The third kappa shape index (κ3) is 1.74. The minimum atomic E-state index is 0.0682. The molecule has 15 heavy (non-hydrogen) atoms. The topological polar surface area (TPSA) is 67.7 Å². The minimum Gasteiger partial charge on any atom is -0.384 e. The first kappa shape index (κ1) is 9.45. The molecule has 0 aliphatic carbocycles. The number of aromatic nitrogens is 2. The highest BCUT2D eigenvalue weighted by Crippen LogP contribution is 2.15. The molecule has 0 aliphatic rings. The summed E-state index contributed by atoms with van der Waals surface area (Å²) >= 11 is 0. The molecule has 0 radical (unpaired) electrons. The average molecular weight is 200 g/mol. The zero-order valence-electron chi connectivity index (χ0n) is 8.44. The predicted molar refractivity (Wildman–Crippen MR) is 59.3 cm³/mol. The Hall–Kier alpha value is -2.10. The van der Waals surface area contributed by atoms with Gasteiger partial charge in [-0.25, -0.2) is 4.98 Å². The lowest BCUT2D eigenvalue weighted by molar-refractivity contribution is 1.05. The highest BCUT2D eigenvalue weighted by molar-refractivity contribution is 5.98. The summed E-state index contributed by atoms with van der Waals surface area (Å²) in [5.41, 5.74) is 8.26. The fraction of sp³-hybridized carbons (Fsp3) is 0.0909. The number of nitrogens with one attached hydrogen (secondary N) is 1. The molecule has 1 aromatic heterocycles. The normalized spacial score (nSPS) is 10.2. The van der Waals surface area contributed by atoms with Gasteiger partial charge in [0, 0.05) is 18.0 Å². The molecule has 1 aromatic carbocycles. The lowest BCUT2D eigenvalue weighted by atomic mass is 10.1. The number of aryl methyl sites for hydroxylation is 1. The van der Waals surface area contributed by atoms with Gasteiger partial charge in [-0.3, -0.25) is 5.41 Å². The van der Waals surface area contributed by atoms with Crippen LogP contribution in [0.15, 0.2) is 36.9 Å². The highest BCUT2D eigenvalue weighted by atomic mass is 15.0. The minimum absolute atomic E-state index is 0.0682. The molecule has 2 aromatic rings. The Morgan fingerprint density at radius 2 is 2.27 bits per heavy atom. The van der Waals surface area contributed by atoms with Crippen LogP contribution in [0, 0.1) is 12.3 Å². The maximum absolute atomic E-state index is 7.49. The van der Waals surface area contributed by atoms with Crippen LogP contribution in [-0.4, -0.2) is 15.4 Å². The third-order valence-corrected chi connectivity index (χ3v) is 2.23. The third-order valence-electron chi connectivity index (χ3n) is 2.23. The van der Waals surface area contributed by atoms with Crippen molar-refractivity contribution in [1.82, 2.24) is 9.55 Å². The van der Waals surface area contributed by atoms with Crippen molar-refractivity contribution in [3.8, 4) is 5.69 Å². The molecule has 4 heteroatoms. The van der Waals surface area contributed by atoms with Gasteiger partial charge in [0.25, 0.3) is 0 Å². The van der Waals surface area contributed by atoms with E-state index in [-0.39, 0.29) is 5.84 Å². The van der Waals surface area contributed by atoms with Crippen LogP contribution in [0.25, 0.3) is 5.69 Å². The summed E-state index contributed by atoms with van der Waals surface area (Å²) < 4.78 is 1.85. The SMILES string of the molecule is Cc1ccc(C(=N)N)c(-n2ccnc2)c1. The number of rotatable bonds is 2. The lowest BCUT2D eigenvalue weighted by Crippen LogP contribution is -2.14. The van der Waals surface area contributed by atoms with E-state index < -0.39 is 0 Å². The van der Waals surface area contributed by atoms with E-state index in [0.717, 1.165) is 16.8 Å². The number of hydrogen-bond acceptors (Lipinski definition) is 2. The second kappa shape index (κ2) is 3.57. The van der Waals surface area contributed by atoms with Gasteiger partial charge in [0.15, 0.2) is 0 Å². The van der Waals surface area contributed by atoms with E-state index in [9.17, 15) is 0 Å². The Morgan fingerprint density at radius 3 is 2.87 bits per heavy atom. The molecule has 3 N–H and O–H groups in total. The second-order valence-electron chi connectivity index (χ2n) is 3.40. The van der Waals surface area contributed by atoms with Crippen molar-refractivity contribution < 1.29 is 0 Å². The van der Waals surface area contributed by atoms with Crippen molar-refractivity contribution in [2.75, 3.05) is 0 Å². The molecule has 1 heterocycles. The van der Waals surface area contributed by atoms with Crippen molar-refractivity contribution >= 4 is 5.84 Å². The second-order valence-corrected chi connectivity index (χ2v) is 3.40. The number of amidine groups is 1. The molecule has 0 unspecified atom stereocenters. The molecule has 0 spiro atoms. The number of nitrogen functional groups attached to an aromatic ring is 1. The first-order chi connectivity index (χ1) is 7.18. The summed E-state index contributed by atoms with van der Waals surface area (Å²) in [5, 5.41) is 7.49. The summed E-state index contributed by atoms with van der Waals surface area (Å²) in [6, 6.07) is 5.78. The fourth-order valence-electron chi connectivity index (χ4n) is 1.48. The molecule has 4 nitrogen and oxygen atoms in total. The number of imidazole rings is 1. The Balaban J connectivity index is 2.63. The molecular weight excluding hydrogens is 188 g/mol. The van der Waals surface area contributed by atoms with Crippen LogP contribution in [0.4, 0.5) is 0 Å². The van der Waals surface area contributed by atoms with Gasteiger partial charge in [-0.15, -0.1) is 0 Å². The molecule has 0 amide bonds. The number of benzene rings is 1. The largest absolute Gasteiger partial charge is 0.384 e. The van der Waals surface area contributed by atoms with Gasteiger partial charge >= 0.3 is 0 Å². The Kier molecular flexibility index (Phi) is 2.25. The molecule has 0 saturated carbocycles. The molecule has 0 atom stereocenters. The van der Waals surface area contributed by atoms with Gasteiger partial charge in [0.1, 0.15) is 5.84 Å². The van der Waals surface area contributed by atoms with Crippen LogP contribution in [0.5, 0.6) is 0 Å². The molecule has 0 fully saturated rings. The molecular formula is C11H12N4. The predicted octanol–water partition coefficient (Wildman–Crippen LogP) is 1.46. The molecule has 0 aliphatic heterocycles. The highest BCUT2D eigenvalue weighted by Gasteiger charge is 2.06. The van der Waals surface area contributed by atoms with Gasteiger partial charge < -0.3 is 10.3 Å². The van der Waals surface area contributed by atoms with Gasteiger partial charge in [-0.2, -0.15) is 0 Å². The summed E-state index contributed by atoms with van der Waals surface area (Å²) in [7, 11) is 0. The number of nitrogens with zero attached hydrogens (tertiary/aromatic N) is 2.